The van der Waals surface area contributed by atoms with Gasteiger partial charge in [-0.05, 0) is 12.1 Å². The number of hydrogen-bond donors (Lipinski definition) is 2. The summed E-state index contributed by atoms with van der Waals surface area (Å²) in [5.41, 5.74) is -0.776. The second kappa shape index (κ2) is 6.37. The van der Waals surface area contributed by atoms with E-state index < -0.39 is 35.5 Å². The highest BCUT2D eigenvalue weighted by molar-refractivity contribution is 5.99. The van der Waals surface area contributed by atoms with Gasteiger partial charge in [0.25, 0.3) is 0 Å². The highest BCUT2D eigenvalue weighted by Gasteiger charge is 2.21. The smallest absolute Gasteiger partial charge is 0.345 e. The van der Waals surface area contributed by atoms with Gasteiger partial charge >= 0.3 is 17.9 Å². The number of phenols is 1. The summed E-state index contributed by atoms with van der Waals surface area (Å²) in [7, 11) is 0. The summed E-state index contributed by atoms with van der Waals surface area (Å²) < 4.78 is 9.35. The van der Waals surface area contributed by atoms with Crippen LogP contribution in [0.3, 0.4) is 0 Å². The molecule has 0 amide bonds. The minimum absolute atomic E-state index is 0.341. The summed E-state index contributed by atoms with van der Waals surface area (Å²) in [6.45, 7) is 4.46. The Bertz CT molecular complexity index is 562. The van der Waals surface area contributed by atoms with E-state index >= 15 is 0 Å². The van der Waals surface area contributed by atoms with E-state index in [1.807, 2.05) is 0 Å². The molecule has 1 atom stereocenters. The standard InChI is InChI=1S/C13H12O7/c1-3-10(14)19-7(2)20-13(18)9-6-4-5-8(11(9)15)12(16)17/h3-7,15H,1H2,2H3,(H,16,17). The number of carboxylic acids is 1. The first-order valence-electron chi connectivity index (χ1n) is 5.46. The summed E-state index contributed by atoms with van der Waals surface area (Å²) in [5.74, 6) is -3.90. The van der Waals surface area contributed by atoms with E-state index in [0.29, 0.717) is 0 Å². The second-order valence-electron chi connectivity index (χ2n) is 3.62. The summed E-state index contributed by atoms with van der Waals surface area (Å²) in [6.07, 6.45) is -0.312. The Morgan fingerprint density at radius 3 is 2.40 bits per heavy atom. The van der Waals surface area contributed by atoms with Gasteiger partial charge in [0.1, 0.15) is 16.9 Å². The largest absolute Gasteiger partial charge is 0.506 e. The molecule has 0 aliphatic heterocycles. The van der Waals surface area contributed by atoms with Crippen LogP contribution in [0.4, 0.5) is 0 Å². The predicted molar refractivity (Wildman–Crippen MR) is 66.2 cm³/mol. The van der Waals surface area contributed by atoms with Crippen LogP contribution in [0, 0.1) is 0 Å². The fourth-order valence-electron chi connectivity index (χ4n) is 1.33. The molecule has 0 spiro atoms. The summed E-state index contributed by atoms with van der Waals surface area (Å²) in [6, 6.07) is 3.60. The van der Waals surface area contributed by atoms with Crippen molar-refractivity contribution in [1.29, 1.82) is 0 Å². The van der Waals surface area contributed by atoms with Crippen LogP contribution in [-0.2, 0) is 14.3 Å². The molecule has 0 aliphatic rings. The molecular formula is C13H12O7. The van der Waals surface area contributed by atoms with Crippen molar-refractivity contribution < 1.29 is 34.1 Å². The fraction of sp³-hybridized carbons (Fsp3) is 0.154. The van der Waals surface area contributed by atoms with Crippen molar-refractivity contribution in [2.45, 2.75) is 13.2 Å². The molecule has 7 nitrogen and oxygen atoms in total. The lowest BCUT2D eigenvalue weighted by Crippen LogP contribution is -2.21. The van der Waals surface area contributed by atoms with Gasteiger partial charge in [-0.15, -0.1) is 0 Å². The number of para-hydroxylation sites is 1. The second-order valence-corrected chi connectivity index (χ2v) is 3.62. The van der Waals surface area contributed by atoms with Crippen LogP contribution in [0.5, 0.6) is 5.75 Å². The molecule has 0 aromatic heterocycles. The summed E-state index contributed by atoms with van der Waals surface area (Å²) in [4.78, 5) is 33.4. The van der Waals surface area contributed by atoms with Crippen LogP contribution >= 0.6 is 0 Å². The molecular weight excluding hydrogens is 268 g/mol. The van der Waals surface area contributed by atoms with Crippen molar-refractivity contribution in [2.24, 2.45) is 0 Å². The van der Waals surface area contributed by atoms with Crippen molar-refractivity contribution >= 4 is 17.9 Å². The van der Waals surface area contributed by atoms with Crippen LogP contribution in [0.2, 0.25) is 0 Å². The van der Waals surface area contributed by atoms with E-state index in [0.717, 1.165) is 12.1 Å². The number of esters is 2. The first-order valence-corrected chi connectivity index (χ1v) is 5.46. The predicted octanol–water partition coefficient (Wildman–Crippen LogP) is 1.32. The SMILES string of the molecule is C=CC(=O)OC(C)OC(=O)c1cccc(C(=O)O)c1O. The third-order valence-corrected chi connectivity index (χ3v) is 2.21. The zero-order chi connectivity index (χ0) is 15.3. The van der Waals surface area contributed by atoms with Gasteiger partial charge in [-0.25, -0.2) is 14.4 Å². The summed E-state index contributed by atoms with van der Waals surface area (Å²) >= 11 is 0. The lowest BCUT2D eigenvalue weighted by molar-refractivity contribution is -0.159. The molecule has 0 heterocycles. The molecule has 1 unspecified atom stereocenters. The monoisotopic (exact) mass is 280 g/mol. The molecule has 7 heteroatoms. The third kappa shape index (κ3) is 3.58. The number of carboxylic acid groups (broad SMARTS) is 1. The molecule has 1 rings (SSSR count). The minimum Gasteiger partial charge on any atom is -0.506 e. The maximum absolute atomic E-state index is 11.7. The van der Waals surface area contributed by atoms with Crippen LogP contribution in [0.15, 0.2) is 30.9 Å². The van der Waals surface area contributed by atoms with Crippen molar-refractivity contribution in [1.82, 2.24) is 0 Å². The number of benzene rings is 1. The minimum atomic E-state index is -1.39. The number of hydrogen-bond acceptors (Lipinski definition) is 6. The number of carbonyl (C=O) groups excluding carboxylic acids is 2. The van der Waals surface area contributed by atoms with Crippen LogP contribution in [0.1, 0.15) is 27.6 Å². The van der Waals surface area contributed by atoms with Crippen molar-refractivity contribution in [2.75, 3.05) is 0 Å². The lowest BCUT2D eigenvalue weighted by Gasteiger charge is -2.13. The lowest BCUT2D eigenvalue weighted by atomic mass is 10.1. The molecule has 0 saturated carbocycles. The van der Waals surface area contributed by atoms with Crippen LogP contribution in [0.25, 0.3) is 0 Å². The molecule has 0 radical (unpaired) electrons. The molecule has 0 fully saturated rings. The number of aromatic carboxylic acids is 1. The van der Waals surface area contributed by atoms with Gasteiger partial charge in [-0.2, -0.15) is 0 Å². The van der Waals surface area contributed by atoms with E-state index in [4.69, 9.17) is 9.84 Å². The quantitative estimate of drug-likeness (QED) is 0.475. The Balaban J connectivity index is 2.88. The molecule has 0 saturated heterocycles. The number of aromatic hydroxyl groups is 1. The van der Waals surface area contributed by atoms with E-state index in [-0.39, 0.29) is 5.56 Å². The molecule has 1 aromatic rings. The van der Waals surface area contributed by atoms with Gasteiger partial charge < -0.3 is 19.7 Å². The van der Waals surface area contributed by atoms with Crippen molar-refractivity contribution in [3.63, 3.8) is 0 Å². The fourth-order valence-corrected chi connectivity index (χ4v) is 1.33. The first-order chi connectivity index (χ1) is 9.36. The highest BCUT2D eigenvalue weighted by Crippen LogP contribution is 2.23. The highest BCUT2D eigenvalue weighted by atomic mass is 16.7. The molecule has 0 bridgehead atoms. The van der Waals surface area contributed by atoms with E-state index in [1.54, 1.807) is 0 Å². The maximum atomic E-state index is 11.7. The normalized spacial score (nSPS) is 11.2. The van der Waals surface area contributed by atoms with Gasteiger partial charge in [-0.3, -0.25) is 0 Å². The molecule has 20 heavy (non-hydrogen) atoms. The average Bonchev–Trinajstić information content (AvgIpc) is 2.37. The molecule has 0 aliphatic carbocycles. The Hall–Kier alpha value is -2.83. The van der Waals surface area contributed by atoms with Crippen LogP contribution < -0.4 is 0 Å². The summed E-state index contributed by atoms with van der Waals surface area (Å²) in [5, 5.41) is 18.5. The van der Waals surface area contributed by atoms with Gasteiger partial charge in [0.2, 0.25) is 6.29 Å². The first kappa shape index (κ1) is 15.2. The molecule has 1 aromatic carbocycles. The van der Waals surface area contributed by atoms with E-state index in [2.05, 4.69) is 11.3 Å². The van der Waals surface area contributed by atoms with Crippen molar-refractivity contribution in [3.05, 3.63) is 42.0 Å². The van der Waals surface area contributed by atoms with Gasteiger partial charge in [-0.1, -0.05) is 12.6 Å². The van der Waals surface area contributed by atoms with Gasteiger partial charge in [0.05, 0.1) is 0 Å². The Morgan fingerprint density at radius 2 is 1.85 bits per heavy atom. The Morgan fingerprint density at radius 1 is 1.25 bits per heavy atom. The van der Waals surface area contributed by atoms with Gasteiger partial charge in [0, 0.05) is 13.0 Å². The number of rotatable bonds is 5. The van der Waals surface area contributed by atoms with E-state index in [1.165, 1.54) is 19.1 Å². The Labute approximate surface area is 114 Å². The average molecular weight is 280 g/mol. The zero-order valence-corrected chi connectivity index (χ0v) is 10.5. The molecule has 2 N–H and O–H groups in total. The third-order valence-electron chi connectivity index (χ3n) is 2.21. The van der Waals surface area contributed by atoms with Gasteiger partial charge in [0.15, 0.2) is 0 Å². The van der Waals surface area contributed by atoms with Crippen molar-refractivity contribution in [3.8, 4) is 5.75 Å². The zero-order valence-electron chi connectivity index (χ0n) is 10.5. The number of ether oxygens (including phenoxy) is 2. The maximum Gasteiger partial charge on any atom is 0.345 e. The molecule has 106 valence electrons. The van der Waals surface area contributed by atoms with Crippen LogP contribution in [-0.4, -0.2) is 34.4 Å². The Kier molecular flexibility index (Phi) is 4.85. The van der Waals surface area contributed by atoms with E-state index in [9.17, 15) is 19.5 Å². The number of carbonyl (C=O) groups is 3. The topological polar surface area (TPSA) is 110 Å².